The summed E-state index contributed by atoms with van der Waals surface area (Å²) in [4.78, 5) is 16.0. The Kier molecular flexibility index (Phi) is 6.38. The summed E-state index contributed by atoms with van der Waals surface area (Å²) in [6.07, 6.45) is 3.34. The third kappa shape index (κ3) is 5.25. The van der Waals surface area contributed by atoms with Crippen molar-refractivity contribution in [3.63, 3.8) is 0 Å². The third-order valence-corrected chi connectivity index (χ3v) is 5.93. The Bertz CT molecular complexity index is 850. The molecular weight excluding hydrogens is 370 g/mol. The van der Waals surface area contributed by atoms with Gasteiger partial charge in [-0.25, -0.2) is 8.42 Å². The fraction of sp³-hybridized carbons (Fsp3) is 0.333. The molecule has 1 N–H and O–H groups in total. The molecule has 1 aliphatic heterocycles. The quantitative estimate of drug-likeness (QED) is 0.750. The number of hydrogen-bond donors (Lipinski definition) is 1. The van der Waals surface area contributed by atoms with Gasteiger partial charge in [-0.15, -0.1) is 0 Å². The standard InChI is InChI=1S/C18H21N3O5S/c22-18(20-13-15-2-1-7-19-12-15)14-26-16-3-5-17(6-4-16)27(23,24)21-8-10-25-11-9-21/h1-7,12H,8-11,13-14H2,(H,20,22). The molecule has 9 heteroatoms. The second-order valence-electron chi connectivity index (χ2n) is 5.91. The van der Waals surface area contributed by atoms with Gasteiger partial charge in [-0.3, -0.25) is 9.78 Å². The van der Waals surface area contributed by atoms with Gasteiger partial charge in [-0.2, -0.15) is 4.31 Å². The molecule has 0 bridgehead atoms. The summed E-state index contributed by atoms with van der Waals surface area (Å²) in [5, 5.41) is 2.73. The van der Waals surface area contributed by atoms with Gasteiger partial charge < -0.3 is 14.8 Å². The molecule has 1 fully saturated rings. The smallest absolute Gasteiger partial charge is 0.258 e. The highest BCUT2D eigenvalue weighted by molar-refractivity contribution is 7.89. The lowest BCUT2D eigenvalue weighted by molar-refractivity contribution is -0.123. The van der Waals surface area contributed by atoms with E-state index in [1.807, 2.05) is 6.07 Å². The van der Waals surface area contributed by atoms with Gasteiger partial charge in [0.2, 0.25) is 10.0 Å². The predicted molar refractivity (Wildman–Crippen MR) is 97.6 cm³/mol. The summed E-state index contributed by atoms with van der Waals surface area (Å²) in [5.41, 5.74) is 0.892. The largest absolute Gasteiger partial charge is 0.484 e. The van der Waals surface area contributed by atoms with Crippen LogP contribution in [-0.2, 0) is 26.1 Å². The van der Waals surface area contributed by atoms with E-state index in [2.05, 4.69) is 10.3 Å². The lowest BCUT2D eigenvalue weighted by Crippen LogP contribution is -2.40. The summed E-state index contributed by atoms with van der Waals surface area (Å²) >= 11 is 0. The van der Waals surface area contributed by atoms with Crippen LogP contribution >= 0.6 is 0 Å². The monoisotopic (exact) mass is 391 g/mol. The molecule has 2 aromatic rings. The summed E-state index contributed by atoms with van der Waals surface area (Å²) in [7, 11) is -3.54. The highest BCUT2D eigenvalue weighted by Crippen LogP contribution is 2.20. The molecule has 0 unspecified atom stereocenters. The normalized spacial score (nSPS) is 15.3. The van der Waals surface area contributed by atoms with Crippen LogP contribution in [0.25, 0.3) is 0 Å². The minimum absolute atomic E-state index is 0.157. The molecule has 1 aromatic heterocycles. The van der Waals surface area contributed by atoms with Crippen LogP contribution in [0.4, 0.5) is 0 Å². The Morgan fingerprint density at radius 2 is 1.93 bits per heavy atom. The number of sulfonamides is 1. The summed E-state index contributed by atoms with van der Waals surface area (Å²) in [6, 6.07) is 9.71. The van der Waals surface area contributed by atoms with E-state index in [1.54, 1.807) is 30.6 Å². The van der Waals surface area contributed by atoms with Gasteiger partial charge in [0.25, 0.3) is 5.91 Å². The predicted octanol–water partition coefficient (Wildman–Crippen LogP) is 0.798. The van der Waals surface area contributed by atoms with Crippen molar-refractivity contribution in [1.82, 2.24) is 14.6 Å². The van der Waals surface area contributed by atoms with Crippen molar-refractivity contribution in [3.8, 4) is 5.75 Å². The van der Waals surface area contributed by atoms with Gasteiger partial charge in [0.05, 0.1) is 18.1 Å². The number of rotatable bonds is 7. The minimum Gasteiger partial charge on any atom is -0.484 e. The highest BCUT2D eigenvalue weighted by Gasteiger charge is 2.26. The number of ether oxygens (including phenoxy) is 2. The molecule has 1 aliphatic rings. The number of carbonyl (C=O) groups is 1. The van der Waals surface area contributed by atoms with Gasteiger partial charge in [-0.05, 0) is 35.9 Å². The van der Waals surface area contributed by atoms with Gasteiger partial charge in [0.15, 0.2) is 6.61 Å². The van der Waals surface area contributed by atoms with E-state index in [-0.39, 0.29) is 17.4 Å². The second kappa shape index (κ2) is 8.94. The molecular formula is C18H21N3O5S. The highest BCUT2D eigenvalue weighted by atomic mass is 32.2. The molecule has 27 heavy (non-hydrogen) atoms. The van der Waals surface area contributed by atoms with Crippen molar-refractivity contribution in [1.29, 1.82) is 0 Å². The van der Waals surface area contributed by atoms with Crippen LogP contribution in [0.5, 0.6) is 5.75 Å². The Balaban J connectivity index is 1.50. The molecule has 144 valence electrons. The van der Waals surface area contributed by atoms with E-state index in [9.17, 15) is 13.2 Å². The fourth-order valence-electron chi connectivity index (χ4n) is 2.55. The molecule has 1 saturated heterocycles. The van der Waals surface area contributed by atoms with Crippen molar-refractivity contribution in [2.24, 2.45) is 0 Å². The van der Waals surface area contributed by atoms with E-state index >= 15 is 0 Å². The van der Waals surface area contributed by atoms with Crippen LogP contribution in [0.2, 0.25) is 0 Å². The van der Waals surface area contributed by atoms with Crippen molar-refractivity contribution in [3.05, 3.63) is 54.4 Å². The summed E-state index contributed by atoms with van der Waals surface area (Å²) in [5.74, 6) is 0.149. The Labute approximate surface area is 158 Å². The first-order valence-corrected chi connectivity index (χ1v) is 9.96. The molecule has 0 atom stereocenters. The minimum atomic E-state index is -3.54. The van der Waals surface area contributed by atoms with Gasteiger partial charge in [0.1, 0.15) is 5.75 Å². The maximum atomic E-state index is 12.5. The van der Waals surface area contributed by atoms with Crippen molar-refractivity contribution >= 4 is 15.9 Å². The van der Waals surface area contributed by atoms with Crippen LogP contribution in [0.1, 0.15) is 5.56 Å². The third-order valence-electron chi connectivity index (χ3n) is 4.01. The van der Waals surface area contributed by atoms with Crippen molar-refractivity contribution < 1.29 is 22.7 Å². The first-order valence-electron chi connectivity index (χ1n) is 8.52. The number of nitrogens with one attached hydrogen (secondary N) is 1. The van der Waals surface area contributed by atoms with Crippen LogP contribution in [0.15, 0.2) is 53.7 Å². The zero-order valence-corrected chi connectivity index (χ0v) is 15.5. The number of pyridine rings is 1. The molecule has 0 saturated carbocycles. The van der Waals surface area contributed by atoms with Gasteiger partial charge in [0, 0.05) is 32.0 Å². The maximum absolute atomic E-state index is 12.5. The average molecular weight is 391 g/mol. The number of nitrogens with zero attached hydrogens (tertiary/aromatic N) is 2. The number of amides is 1. The Morgan fingerprint density at radius 3 is 2.59 bits per heavy atom. The maximum Gasteiger partial charge on any atom is 0.258 e. The first-order chi connectivity index (χ1) is 13.1. The lowest BCUT2D eigenvalue weighted by atomic mass is 10.3. The topological polar surface area (TPSA) is 97.8 Å². The van der Waals surface area contributed by atoms with Gasteiger partial charge in [-0.1, -0.05) is 6.07 Å². The van der Waals surface area contributed by atoms with E-state index in [0.29, 0.717) is 38.6 Å². The summed E-state index contributed by atoms with van der Waals surface area (Å²) in [6.45, 7) is 1.70. The molecule has 0 aliphatic carbocycles. The van der Waals surface area contributed by atoms with Crippen LogP contribution in [0.3, 0.4) is 0 Å². The van der Waals surface area contributed by atoms with E-state index < -0.39 is 10.0 Å². The lowest BCUT2D eigenvalue weighted by Gasteiger charge is -2.26. The van der Waals surface area contributed by atoms with Crippen LogP contribution < -0.4 is 10.1 Å². The molecule has 0 spiro atoms. The molecule has 8 nitrogen and oxygen atoms in total. The molecule has 1 amide bonds. The van der Waals surface area contributed by atoms with Crippen molar-refractivity contribution in [2.45, 2.75) is 11.4 Å². The number of benzene rings is 1. The second-order valence-corrected chi connectivity index (χ2v) is 7.85. The SMILES string of the molecule is O=C(COc1ccc(S(=O)(=O)N2CCOCC2)cc1)NCc1cccnc1. The van der Waals surface area contributed by atoms with Gasteiger partial charge >= 0.3 is 0 Å². The average Bonchev–Trinajstić information content (AvgIpc) is 2.72. The molecule has 2 heterocycles. The molecule has 0 radical (unpaired) electrons. The van der Waals surface area contributed by atoms with Crippen LogP contribution in [0, 0.1) is 0 Å². The Hall–Kier alpha value is -2.49. The van der Waals surface area contributed by atoms with E-state index in [1.165, 1.54) is 16.4 Å². The van der Waals surface area contributed by atoms with Crippen LogP contribution in [-0.4, -0.2) is 56.5 Å². The number of morpholine rings is 1. The number of aromatic nitrogens is 1. The van der Waals surface area contributed by atoms with E-state index in [4.69, 9.17) is 9.47 Å². The zero-order chi connectivity index (χ0) is 19.1. The fourth-order valence-corrected chi connectivity index (χ4v) is 3.96. The number of hydrogen-bond acceptors (Lipinski definition) is 6. The van der Waals surface area contributed by atoms with E-state index in [0.717, 1.165) is 5.56 Å². The number of carbonyl (C=O) groups excluding carboxylic acids is 1. The van der Waals surface area contributed by atoms with Crippen molar-refractivity contribution in [2.75, 3.05) is 32.9 Å². The first kappa shape index (κ1) is 19.3. The zero-order valence-electron chi connectivity index (χ0n) is 14.7. The molecule has 3 rings (SSSR count). The molecule has 1 aromatic carbocycles. The summed E-state index contributed by atoms with van der Waals surface area (Å²) < 4.78 is 37.1. The Morgan fingerprint density at radius 1 is 1.19 bits per heavy atom.